The van der Waals surface area contributed by atoms with E-state index in [1.807, 2.05) is 0 Å². The van der Waals surface area contributed by atoms with E-state index in [4.69, 9.17) is 18.9 Å². The molecule has 0 unspecified atom stereocenters. The van der Waals surface area contributed by atoms with Crippen LogP contribution in [-0.2, 0) is 18.9 Å². The highest BCUT2D eigenvalue weighted by molar-refractivity contribution is 5.70. The highest BCUT2D eigenvalue weighted by atomic mass is 16.8. The summed E-state index contributed by atoms with van der Waals surface area (Å²) in [5, 5.41) is 9.61. The summed E-state index contributed by atoms with van der Waals surface area (Å²) in [5.41, 5.74) is -2.43. The van der Waals surface area contributed by atoms with Crippen LogP contribution in [0.2, 0.25) is 0 Å². The average Bonchev–Trinajstić information content (AvgIpc) is 3.02. The van der Waals surface area contributed by atoms with E-state index >= 15 is 0 Å². The van der Waals surface area contributed by atoms with E-state index < -0.39 is 53.3 Å². The second-order valence-corrected chi connectivity index (χ2v) is 8.44. The number of hydrogen-bond acceptors (Lipinski definition) is 8. The van der Waals surface area contributed by atoms with Gasteiger partial charge in [-0.25, -0.2) is 9.59 Å². The molecule has 1 aromatic rings. The predicted molar refractivity (Wildman–Crippen MR) is 96.2 cm³/mol. The third-order valence-electron chi connectivity index (χ3n) is 4.44. The molecule has 0 aromatic carbocycles. The van der Waals surface area contributed by atoms with Gasteiger partial charge < -0.3 is 24.1 Å². The van der Waals surface area contributed by atoms with Crippen molar-refractivity contribution in [2.24, 2.45) is 0 Å². The van der Waals surface area contributed by atoms with E-state index in [2.05, 4.69) is 0 Å². The van der Waals surface area contributed by atoms with Crippen LogP contribution in [0, 0.1) is 6.92 Å². The van der Waals surface area contributed by atoms with E-state index in [1.165, 1.54) is 13.1 Å². The minimum Gasteiger partial charge on any atom is -0.443 e. The summed E-state index contributed by atoms with van der Waals surface area (Å²) >= 11 is 0. The number of aryl methyl sites for hydroxylation is 1. The van der Waals surface area contributed by atoms with Gasteiger partial charge in [0, 0.05) is 11.8 Å². The summed E-state index contributed by atoms with van der Waals surface area (Å²) in [4.78, 5) is 37.9. The van der Waals surface area contributed by atoms with E-state index in [-0.39, 0.29) is 12.2 Å². The molecule has 3 rings (SSSR count). The number of hydrogen-bond donors (Lipinski definition) is 1. The molecule has 2 fully saturated rings. The quantitative estimate of drug-likeness (QED) is 0.766. The van der Waals surface area contributed by atoms with Crippen LogP contribution in [0.15, 0.2) is 15.8 Å². The molecule has 3 heterocycles. The van der Waals surface area contributed by atoms with Gasteiger partial charge in [-0.05, 0) is 41.5 Å². The first-order valence-corrected chi connectivity index (χ1v) is 9.05. The second kappa shape index (κ2) is 6.80. The molecular formula is C18H26N2O8. The number of aliphatic hydroxyl groups excluding tert-OH is 1. The molecule has 28 heavy (non-hydrogen) atoms. The largest absolute Gasteiger partial charge is 0.443 e. The van der Waals surface area contributed by atoms with Crippen molar-refractivity contribution in [3.63, 3.8) is 0 Å². The summed E-state index contributed by atoms with van der Waals surface area (Å²) in [6.07, 6.45) is -2.76. The Morgan fingerprint density at radius 3 is 2.43 bits per heavy atom. The van der Waals surface area contributed by atoms with Crippen molar-refractivity contribution in [3.8, 4) is 0 Å². The van der Waals surface area contributed by atoms with Crippen molar-refractivity contribution < 1.29 is 28.8 Å². The van der Waals surface area contributed by atoms with Gasteiger partial charge in [0.05, 0.1) is 6.61 Å². The van der Waals surface area contributed by atoms with Gasteiger partial charge >= 0.3 is 11.8 Å². The van der Waals surface area contributed by atoms with Crippen molar-refractivity contribution in [3.05, 3.63) is 32.6 Å². The fraction of sp³-hybridized carbons (Fsp3) is 0.722. The molecule has 2 saturated heterocycles. The molecule has 2 aliphatic heterocycles. The zero-order valence-electron chi connectivity index (χ0n) is 16.8. The number of fused-ring (bicyclic) bond motifs is 1. The molecule has 1 aromatic heterocycles. The Bertz CT molecular complexity index is 894. The Labute approximate surface area is 161 Å². The van der Waals surface area contributed by atoms with Crippen molar-refractivity contribution >= 4 is 6.09 Å². The lowest BCUT2D eigenvalue weighted by molar-refractivity contribution is -0.200. The molecule has 0 radical (unpaired) electrons. The van der Waals surface area contributed by atoms with Gasteiger partial charge in [-0.1, -0.05) is 0 Å². The fourth-order valence-corrected chi connectivity index (χ4v) is 3.38. The predicted octanol–water partition coefficient (Wildman–Crippen LogP) is 0.511. The molecule has 0 amide bonds. The van der Waals surface area contributed by atoms with Crippen LogP contribution < -0.4 is 11.2 Å². The van der Waals surface area contributed by atoms with E-state index in [0.717, 1.165) is 4.57 Å². The summed E-state index contributed by atoms with van der Waals surface area (Å²) in [6, 6.07) is 0. The van der Waals surface area contributed by atoms with Crippen LogP contribution in [-0.4, -0.2) is 56.6 Å². The van der Waals surface area contributed by atoms with Crippen LogP contribution in [0.4, 0.5) is 4.79 Å². The average molecular weight is 398 g/mol. The molecular weight excluding hydrogens is 372 g/mol. The molecule has 0 aliphatic carbocycles. The lowest BCUT2D eigenvalue weighted by Gasteiger charge is -2.25. The highest BCUT2D eigenvalue weighted by Crippen LogP contribution is 2.42. The maximum atomic E-state index is 13.0. The standard InChI is InChI=1S/C18H26N2O8/c1-9-7-19(15(23)20(13(9)22)16(24)28-17(2,3)4)14-12-11(10(8-21)25-14)26-18(5,6)27-12/h7,10-12,14,21H,8H2,1-6H3/t10-,11-,12-,14-/m1/s1. The third-order valence-corrected chi connectivity index (χ3v) is 4.44. The normalized spacial score (nSPS) is 29.0. The van der Waals surface area contributed by atoms with Gasteiger partial charge in [-0.2, -0.15) is 4.57 Å². The third kappa shape index (κ3) is 3.64. The number of aromatic nitrogens is 2. The lowest BCUT2D eigenvalue weighted by atomic mass is 10.1. The molecule has 0 saturated carbocycles. The van der Waals surface area contributed by atoms with Crippen LogP contribution in [0.3, 0.4) is 0 Å². The molecule has 2 aliphatic rings. The minimum atomic E-state index is -1.07. The van der Waals surface area contributed by atoms with Gasteiger partial charge in [0.25, 0.3) is 5.56 Å². The maximum absolute atomic E-state index is 13.0. The SMILES string of the molecule is Cc1cn([C@@H]2O[C@H](CO)[C@H]3OC(C)(C)O[C@H]32)c(=O)n(C(=O)OC(C)(C)C)c1=O. The molecule has 10 nitrogen and oxygen atoms in total. The first-order chi connectivity index (χ1) is 12.8. The molecule has 1 N–H and O–H groups in total. The molecule has 4 atom stereocenters. The Balaban J connectivity index is 2.07. The Hall–Kier alpha value is -2.01. The summed E-state index contributed by atoms with van der Waals surface area (Å²) < 4.78 is 24.1. The number of aliphatic hydroxyl groups is 1. The summed E-state index contributed by atoms with van der Waals surface area (Å²) in [7, 11) is 0. The number of ether oxygens (including phenoxy) is 4. The summed E-state index contributed by atoms with van der Waals surface area (Å²) in [6.45, 7) is 9.46. The van der Waals surface area contributed by atoms with Gasteiger partial charge in [0.15, 0.2) is 12.0 Å². The first-order valence-electron chi connectivity index (χ1n) is 9.05. The zero-order valence-corrected chi connectivity index (χ0v) is 16.8. The number of nitrogens with zero attached hydrogens (tertiary/aromatic N) is 2. The minimum absolute atomic E-state index is 0.149. The van der Waals surface area contributed by atoms with E-state index in [0.29, 0.717) is 4.57 Å². The summed E-state index contributed by atoms with van der Waals surface area (Å²) in [5.74, 6) is -0.928. The second-order valence-electron chi connectivity index (χ2n) is 8.44. The van der Waals surface area contributed by atoms with Crippen LogP contribution >= 0.6 is 0 Å². The van der Waals surface area contributed by atoms with Crippen molar-refractivity contribution in [1.29, 1.82) is 0 Å². The highest BCUT2D eigenvalue weighted by Gasteiger charge is 2.56. The number of carbonyl (C=O) groups excluding carboxylic acids is 1. The van der Waals surface area contributed by atoms with Crippen LogP contribution in [0.25, 0.3) is 0 Å². The molecule has 0 spiro atoms. The number of rotatable bonds is 2. The Kier molecular flexibility index (Phi) is 5.03. The molecule has 0 bridgehead atoms. The van der Waals surface area contributed by atoms with E-state index in [9.17, 15) is 19.5 Å². The number of carbonyl (C=O) groups is 1. The maximum Gasteiger partial charge on any atom is 0.425 e. The van der Waals surface area contributed by atoms with Crippen LogP contribution in [0.5, 0.6) is 0 Å². The van der Waals surface area contributed by atoms with Gasteiger partial charge in [0.2, 0.25) is 0 Å². The van der Waals surface area contributed by atoms with Crippen LogP contribution in [0.1, 0.15) is 46.4 Å². The molecule has 156 valence electrons. The lowest BCUT2D eigenvalue weighted by Crippen LogP contribution is -2.48. The molecule has 10 heteroatoms. The zero-order chi connectivity index (χ0) is 21.0. The van der Waals surface area contributed by atoms with Gasteiger partial charge in [0.1, 0.15) is 23.9 Å². The Morgan fingerprint density at radius 2 is 1.86 bits per heavy atom. The first kappa shape index (κ1) is 20.7. The van der Waals surface area contributed by atoms with Gasteiger partial charge in [-0.3, -0.25) is 9.36 Å². The van der Waals surface area contributed by atoms with Crippen molar-refractivity contribution in [2.45, 2.75) is 77.5 Å². The van der Waals surface area contributed by atoms with Crippen molar-refractivity contribution in [1.82, 2.24) is 9.13 Å². The van der Waals surface area contributed by atoms with Crippen molar-refractivity contribution in [2.75, 3.05) is 6.61 Å². The monoisotopic (exact) mass is 398 g/mol. The Morgan fingerprint density at radius 1 is 1.25 bits per heavy atom. The van der Waals surface area contributed by atoms with E-state index in [1.54, 1.807) is 34.6 Å². The topological polar surface area (TPSA) is 118 Å². The fourth-order valence-electron chi connectivity index (χ4n) is 3.38. The van der Waals surface area contributed by atoms with Gasteiger partial charge in [-0.15, -0.1) is 0 Å². The smallest absolute Gasteiger partial charge is 0.425 e.